The fraction of sp³-hybridized carbons (Fsp3) is 0.353. The van der Waals surface area contributed by atoms with E-state index in [9.17, 15) is 4.79 Å². The average Bonchev–Trinajstić information content (AvgIpc) is 2.92. The van der Waals surface area contributed by atoms with E-state index in [4.69, 9.17) is 9.15 Å². The third-order valence-corrected chi connectivity index (χ3v) is 2.83. The predicted octanol–water partition coefficient (Wildman–Crippen LogP) is 3.30. The first-order valence-corrected chi connectivity index (χ1v) is 6.99. The number of hydrogen-bond donors (Lipinski definition) is 1. The molecule has 0 spiro atoms. The Morgan fingerprint density at radius 3 is 2.48 bits per heavy atom. The van der Waals surface area contributed by atoms with E-state index in [0.29, 0.717) is 0 Å². The first kappa shape index (κ1) is 15.3. The molecule has 0 fully saturated rings. The fourth-order valence-electron chi connectivity index (χ4n) is 2.05. The van der Waals surface area contributed by atoms with E-state index in [1.807, 2.05) is 63.2 Å². The monoisotopic (exact) mass is 287 g/mol. The van der Waals surface area contributed by atoms with Gasteiger partial charge in [0.05, 0.1) is 18.8 Å². The van der Waals surface area contributed by atoms with Gasteiger partial charge in [0.1, 0.15) is 11.4 Å². The van der Waals surface area contributed by atoms with Crippen molar-refractivity contribution >= 4 is 5.97 Å². The van der Waals surface area contributed by atoms with E-state index < -0.39 is 5.60 Å². The summed E-state index contributed by atoms with van der Waals surface area (Å²) in [6.45, 7) is 5.68. The smallest absolute Gasteiger partial charge is 0.320 e. The Hall–Kier alpha value is -2.07. The minimum atomic E-state index is -0.480. The van der Waals surface area contributed by atoms with Gasteiger partial charge in [-0.05, 0) is 38.5 Å². The van der Waals surface area contributed by atoms with E-state index in [-0.39, 0.29) is 18.6 Å². The van der Waals surface area contributed by atoms with E-state index in [1.54, 1.807) is 6.26 Å². The van der Waals surface area contributed by atoms with Gasteiger partial charge in [0.25, 0.3) is 0 Å². The summed E-state index contributed by atoms with van der Waals surface area (Å²) in [5.41, 5.74) is 0.558. The quantitative estimate of drug-likeness (QED) is 0.857. The zero-order valence-electron chi connectivity index (χ0n) is 12.6. The van der Waals surface area contributed by atoms with Crippen LogP contribution in [-0.2, 0) is 9.53 Å². The Bertz CT molecular complexity index is 555. The fourth-order valence-corrected chi connectivity index (χ4v) is 2.05. The summed E-state index contributed by atoms with van der Waals surface area (Å²) in [5.74, 6) is 0.486. The molecule has 1 aromatic heterocycles. The van der Waals surface area contributed by atoms with Gasteiger partial charge < -0.3 is 9.15 Å². The van der Waals surface area contributed by atoms with E-state index >= 15 is 0 Å². The van der Waals surface area contributed by atoms with Gasteiger partial charge in [-0.15, -0.1) is 0 Å². The normalized spacial score (nSPS) is 12.9. The molecular formula is C17H21NO3. The molecular weight excluding hydrogens is 266 g/mol. The van der Waals surface area contributed by atoms with Crippen molar-refractivity contribution in [3.05, 3.63) is 60.1 Å². The largest absolute Gasteiger partial charge is 0.467 e. The number of ether oxygens (including phenoxy) is 1. The number of carbonyl (C=O) groups is 1. The molecule has 0 radical (unpaired) electrons. The summed E-state index contributed by atoms with van der Waals surface area (Å²) in [5, 5.41) is 3.19. The minimum absolute atomic E-state index is 0.123. The van der Waals surface area contributed by atoms with Crippen LogP contribution in [0.4, 0.5) is 0 Å². The molecule has 0 amide bonds. The highest BCUT2D eigenvalue weighted by Gasteiger charge is 2.20. The maximum Gasteiger partial charge on any atom is 0.320 e. The van der Waals surface area contributed by atoms with Gasteiger partial charge in [0.15, 0.2) is 0 Å². The second kappa shape index (κ2) is 6.59. The highest BCUT2D eigenvalue weighted by atomic mass is 16.6. The molecule has 1 aromatic carbocycles. The molecule has 1 atom stereocenters. The van der Waals surface area contributed by atoms with Crippen molar-refractivity contribution in [3.8, 4) is 0 Å². The molecule has 1 heterocycles. The Morgan fingerprint density at radius 2 is 1.90 bits per heavy atom. The molecule has 4 nitrogen and oxygen atoms in total. The van der Waals surface area contributed by atoms with E-state index in [2.05, 4.69) is 5.32 Å². The van der Waals surface area contributed by atoms with Crippen molar-refractivity contribution in [2.24, 2.45) is 0 Å². The van der Waals surface area contributed by atoms with Gasteiger partial charge >= 0.3 is 5.97 Å². The molecule has 2 rings (SSSR count). The molecule has 21 heavy (non-hydrogen) atoms. The zero-order chi connectivity index (χ0) is 15.3. The second-order valence-electron chi connectivity index (χ2n) is 5.83. The van der Waals surface area contributed by atoms with Crippen LogP contribution < -0.4 is 5.32 Å². The molecule has 0 aliphatic carbocycles. The van der Waals surface area contributed by atoms with Crippen molar-refractivity contribution in [2.75, 3.05) is 6.54 Å². The summed E-state index contributed by atoms with van der Waals surface area (Å²) >= 11 is 0. The van der Waals surface area contributed by atoms with Crippen molar-refractivity contribution in [1.82, 2.24) is 5.32 Å². The van der Waals surface area contributed by atoms with Crippen LogP contribution >= 0.6 is 0 Å². The number of furan rings is 1. The Balaban J connectivity index is 2.06. The van der Waals surface area contributed by atoms with Crippen molar-refractivity contribution in [1.29, 1.82) is 0 Å². The van der Waals surface area contributed by atoms with Gasteiger partial charge in [-0.3, -0.25) is 10.1 Å². The predicted molar refractivity (Wildman–Crippen MR) is 80.8 cm³/mol. The highest BCUT2D eigenvalue weighted by molar-refractivity contribution is 5.72. The van der Waals surface area contributed by atoms with Crippen LogP contribution in [0.3, 0.4) is 0 Å². The van der Waals surface area contributed by atoms with E-state index in [0.717, 1.165) is 11.3 Å². The number of benzene rings is 1. The van der Waals surface area contributed by atoms with Crippen LogP contribution in [0.2, 0.25) is 0 Å². The lowest BCUT2D eigenvalue weighted by atomic mass is 10.0. The average molecular weight is 287 g/mol. The van der Waals surface area contributed by atoms with Crippen LogP contribution in [0.5, 0.6) is 0 Å². The van der Waals surface area contributed by atoms with Crippen molar-refractivity contribution < 1.29 is 13.9 Å². The SMILES string of the molecule is CC(C)(C)OC(=O)CNC(c1ccccc1)c1ccco1. The number of nitrogens with one attached hydrogen (secondary N) is 1. The van der Waals surface area contributed by atoms with Crippen molar-refractivity contribution in [3.63, 3.8) is 0 Å². The number of rotatable bonds is 5. The maximum absolute atomic E-state index is 11.8. The van der Waals surface area contributed by atoms with Gasteiger partial charge in [0.2, 0.25) is 0 Å². The molecule has 0 saturated carbocycles. The number of hydrogen-bond acceptors (Lipinski definition) is 4. The molecule has 1 N–H and O–H groups in total. The highest BCUT2D eigenvalue weighted by Crippen LogP contribution is 2.22. The van der Waals surface area contributed by atoms with Gasteiger partial charge in [0, 0.05) is 0 Å². The zero-order valence-corrected chi connectivity index (χ0v) is 12.6. The van der Waals surface area contributed by atoms with Crippen LogP contribution in [0.25, 0.3) is 0 Å². The first-order chi connectivity index (χ1) is 9.96. The molecule has 0 aliphatic rings. The maximum atomic E-state index is 11.8. The first-order valence-electron chi connectivity index (χ1n) is 6.99. The van der Waals surface area contributed by atoms with Crippen LogP contribution in [-0.4, -0.2) is 18.1 Å². The molecule has 112 valence electrons. The summed E-state index contributed by atoms with van der Waals surface area (Å²) < 4.78 is 10.8. The van der Waals surface area contributed by atoms with E-state index in [1.165, 1.54) is 0 Å². The molecule has 0 bridgehead atoms. The van der Waals surface area contributed by atoms with Crippen molar-refractivity contribution in [2.45, 2.75) is 32.4 Å². The topological polar surface area (TPSA) is 51.5 Å². The Labute approximate surface area is 125 Å². The lowest BCUT2D eigenvalue weighted by Gasteiger charge is -2.21. The summed E-state index contributed by atoms with van der Waals surface area (Å²) in [4.78, 5) is 11.8. The minimum Gasteiger partial charge on any atom is -0.467 e. The number of carbonyl (C=O) groups excluding carboxylic acids is 1. The van der Waals surface area contributed by atoms with Crippen LogP contribution in [0, 0.1) is 0 Å². The third kappa shape index (κ3) is 4.76. The summed E-state index contributed by atoms with van der Waals surface area (Å²) in [7, 11) is 0. The summed E-state index contributed by atoms with van der Waals surface area (Å²) in [6, 6.07) is 13.4. The standard InChI is InChI=1S/C17H21NO3/c1-17(2,3)21-15(19)12-18-16(14-10-7-11-20-14)13-8-5-4-6-9-13/h4-11,16,18H,12H2,1-3H3. The molecule has 0 saturated heterocycles. The number of esters is 1. The van der Waals surface area contributed by atoms with Crippen LogP contribution in [0.1, 0.15) is 38.1 Å². The lowest BCUT2D eigenvalue weighted by Crippen LogP contribution is -2.33. The molecule has 4 heteroatoms. The van der Waals surface area contributed by atoms with Gasteiger partial charge in [-0.2, -0.15) is 0 Å². The lowest BCUT2D eigenvalue weighted by molar-refractivity contribution is -0.153. The molecule has 2 aromatic rings. The Kier molecular flexibility index (Phi) is 4.81. The molecule has 1 unspecified atom stereocenters. The molecule has 0 aliphatic heterocycles. The third-order valence-electron chi connectivity index (χ3n) is 2.83. The van der Waals surface area contributed by atoms with Gasteiger partial charge in [-0.1, -0.05) is 30.3 Å². The van der Waals surface area contributed by atoms with Crippen LogP contribution in [0.15, 0.2) is 53.1 Å². The Morgan fingerprint density at radius 1 is 1.19 bits per heavy atom. The van der Waals surface area contributed by atoms with Gasteiger partial charge in [-0.25, -0.2) is 0 Å². The summed E-state index contributed by atoms with van der Waals surface area (Å²) in [6.07, 6.45) is 1.63. The second-order valence-corrected chi connectivity index (χ2v) is 5.83.